The van der Waals surface area contributed by atoms with Crippen LogP contribution in [-0.2, 0) is 14.8 Å². The number of sulfonamides is 1. The Bertz CT molecular complexity index is 818. The summed E-state index contributed by atoms with van der Waals surface area (Å²) >= 11 is 1.43. The lowest BCUT2D eigenvalue weighted by Crippen LogP contribution is -2.47. The molecule has 2 aliphatic rings. The summed E-state index contributed by atoms with van der Waals surface area (Å²) in [5, 5.41) is 2.88. The first-order chi connectivity index (χ1) is 13.4. The minimum Gasteiger partial charge on any atom is -0.354 e. The van der Waals surface area contributed by atoms with Crippen LogP contribution in [0.5, 0.6) is 0 Å². The topological polar surface area (TPSA) is 86.8 Å². The van der Waals surface area contributed by atoms with Crippen LogP contribution in [0.1, 0.15) is 37.0 Å². The number of benzene rings is 1. The van der Waals surface area contributed by atoms with E-state index >= 15 is 0 Å². The van der Waals surface area contributed by atoms with Crippen molar-refractivity contribution in [1.29, 1.82) is 0 Å². The summed E-state index contributed by atoms with van der Waals surface area (Å²) in [7, 11) is -3.80. The van der Waals surface area contributed by atoms with Crippen LogP contribution in [0.15, 0.2) is 29.2 Å². The van der Waals surface area contributed by atoms with Gasteiger partial charge < -0.3 is 10.2 Å². The van der Waals surface area contributed by atoms with Gasteiger partial charge in [0.25, 0.3) is 5.91 Å². The van der Waals surface area contributed by atoms with Crippen LogP contribution in [-0.4, -0.2) is 66.7 Å². The van der Waals surface area contributed by atoms with Gasteiger partial charge in [0.15, 0.2) is 0 Å². The summed E-state index contributed by atoms with van der Waals surface area (Å²) in [5.74, 6) is 0.897. The van der Waals surface area contributed by atoms with Crippen molar-refractivity contribution in [3.63, 3.8) is 0 Å². The second-order valence-corrected chi connectivity index (χ2v) is 9.99. The van der Waals surface area contributed by atoms with E-state index in [1.165, 1.54) is 28.2 Å². The number of thioether (sulfide) groups is 1. The van der Waals surface area contributed by atoms with Gasteiger partial charge in [0.1, 0.15) is 6.04 Å². The van der Waals surface area contributed by atoms with Crippen LogP contribution < -0.4 is 5.32 Å². The molecule has 1 N–H and O–H groups in total. The Hall–Kier alpha value is -1.58. The van der Waals surface area contributed by atoms with Gasteiger partial charge in [0.2, 0.25) is 15.9 Å². The van der Waals surface area contributed by atoms with E-state index < -0.39 is 16.1 Å². The Morgan fingerprint density at radius 3 is 2.39 bits per heavy atom. The molecule has 2 amide bonds. The highest BCUT2D eigenvalue weighted by molar-refractivity contribution is 8.00. The zero-order chi connectivity index (χ0) is 20.3. The van der Waals surface area contributed by atoms with Gasteiger partial charge >= 0.3 is 0 Å². The molecule has 7 nitrogen and oxygen atoms in total. The minimum atomic E-state index is -3.80. The van der Waals surface area contributed by atoms with E-state index in [2.05, 4.69) is 5.32 Å². The fourth-order valence-electron chi connectivity index (χ4n) is 3.15. The maximum Gasteiger partial charge on any atom is 0.253 e. The number of carbonyl (C=O) groups excluding carboxylic acids is 2. The monoisotopic (exact) mass is 425 g/mol. The number of hydrogen-bond donors (Lipinski definition) is 1. The second kappa shape index (κ2) is 8.84. The van der Waals surface area contributed by atoms with E-state index in [0.29, 0.717) is 36.9 Å². The smallest absolute Gasteiger partial charge is 0.253 e. The van der Waals surface area contributed by atoms with Crippen LogP contribution >= 0.6 is 11.8 Å². The van der Waals surface area contributed by atoms with E-state index in [4.69, 9.17) is 0 Å². The third kappa shape index (κ3) is 4.52. The van der Waals surface area contributed by atoms with E-state index in [-0.39, 0.29) is 22.6 Å². The van der Waals surface area contributed by atoms with Gasteiger partial charge in [0.05, 0.1) is 10.8 Å². The number of rotatable bonds is 8. The summed E-state index contributed by atoms with van der Waals surface area (Å²) in [6.45, 7) is 5.62. The average molecular weight is 426 g/mol. The molecular weight excluding hydrogens is 398 g/mol. The number of amides is 2. The van der Waals surface area contributed by atoms with Crippen LogP contribution in [0.25, 0.3) is 0 Å². The first-order valence-corrected chi connectivity index (χ1v) is 12.2. The van der Waals surface area contributed by atoms with Crippen molar-refractivity contribution in [2.45, 2.75) is 37.6 Å². The minimum absolute atomic E-state index is 0.103. The lowest BCUT2D eigenvalue weighted by Gasteiger charge is -2.23. The van der Waals surface area contributed by atoms with E-state index in [1.54, 1.807) is 17.0 Å². The second-order valence-electron chi connectivity index (χ2n) is 7.10. The van der Waals surface area contributed by atoms with Crippen molar-refractivity contribution in [3.05, 3.63) is 29.8 Å². The molecule has 0 aromatic heterocycles. The van der Waals surface area contributed by atoms with Gasteiger partial charge in [-0.05, 0) is 56.9 Å². The van der Waals surface area contributed by atoms with Crippen LogP contribution in [0.3, 0.4) is 0 Å². The van der Waals surface area contributed by atoms with E-state index in [9.17, 15) is 18.0 Å². The largest absolute Gasteiger partial charge is 0.354 e. The highest BCUT2D eigenvalue weighted by Crippen LogP contribution is 2.30. The number of carbonyl (C=O) groups is 2. The Morgan fingerprint density at radius 2 is 1.82 bits per heavy atom. The molecule has 28 heavy (non-hydrogen) atoms. The maximum absolute atomic E-state index is 13.1. The molecule has 1 atom stereocenters. The predicted molar refractivity (Wildman–Crippen MR) is 110 cm³/mol. The molecule has 1 aromatic rings. The van der Waals surface area contributed by atoms with Crippen LogP contribution in [0, 0.1) is 5.92 Å². The first-order valence-electron chi connectivity index (χ1n) is 9.65. The van der Waals surface area contributed by atoms with Gasteiger partial charge in [-0.1, -0.05) is 0 Å². The first kappa shape index (κ1) is 21.1. The van der Waals surface area contributed by atoms with Gasteiger partial charge in [-0.3, -0.25) is 9.59 Å². The van der Waals surface area contributed by atoms with E-state index in [1.807, 2.05) is 13.8 Å². The molecule has 1 aliphatic heterocycles. The third-order valence-corrected chi connectivity index (χ3v) is 8.21. The average Bonchev–Trinajstić information content (AvgIpc) is 3.39. The highest BCUT2D eigenvalue weighted by atomic mass is 32.2. The van der Waals surface area contributed by atoms with Crippen LogP contribution in [0.2, 0.25) is 0 Å². The number of nitrogens with one attached hydrogen (secondary N) is 1. The Balaban J connectivity index is 1.73. The SMILES string of the molecule is CCN(CC)C(=O)c1ccc(S(=O)(=O)N2CSCC2C(=O)NCC2CC2)cc1. The van der Waals surface area contributed by atoms with Gasteiger partial charge in [-0.2, -0.15) is 4.31 Å². The molecule has 3 rings (SSSR count). The van der Waals surface area contributed by atoms with E-state index in [0.717, 1.165) is 12.8 Å². The molecule has 0 spiro atoms. The van der Waals surface area contributed by atoms with Crippen molar-refractivity contribution >= 4 is 33.6 Å². The van der Waals surface area contributed by atoms with Crippen molar-refractivity contribution < 1.29 is 18.0 Å². The lowest BCUT2D eigenvalue weighted by atomic mass is 10.2. The molecule has 1 saturated carbocycles. The lowest BCUT2D eigenvalue weighted by molar-refractivity contribution is -0.123. The maximum atomic E-state index is 13.1. The fraction of sp³-hybridized carbons (Fsp3) is 0.579. The fourth-order valence-corrected chi connectivity index (χ4v) is 6.30. The van der Waals surface area contributed by atoms with Gasteiger partial charge in [0, 0.05) is 31.0 Å². The molecular formula is C19H27N3O4S2. The van der Waals surface area contributed by atoms with Crippen molar-refractivity contribution in [2.75, 3.05) is 31.3 Å². The van der Waals surface area contributed by atoms with Gasteiger partial charge in [-0.25, -0.2) is 8.42 Å². The molecule has 2 fully saturated rings. The quantitative estimate of drug-likeness (QED) is 0.686. The summed E-state index contributed by atoms with van der Waals surface area (Å²) in [6.07, 6.45) is 2.25. The molecule has 0 bridgehead atoms. The van der Waals surface area contributed by atoms with Crippen molar-refractivity contribution in [2.24, 2.45) is 5.92 Å². The summed E-state index contributed by atoms with van der Waals surface area (Å²) in [5.41, 5.74) is 0.456. The Labute approximate surface area is 170 Å². The van der Waals surface area contributed by atoms with Gasteiger partial charge in [-0.15, -0.1) is 11.8 Å². The zero-order valence-corrected chi connectivity index (χ0v) is 17.9. The molecule has 1 heterocycles. The molecule has 1 aliphatic carbocycles. The normalized spacial score (nSPS) is 20.1. The summed E-state index contributed by atoms with van der Waals surface area (Å²) in [6, 6.07) is 5.30. The summed E-state index contributed by atoms with van der Waals surface area (Å²) in [4.78, 5) is 26.7. The van der Waals surface area contributed by atoms with Crippen LogP contribution in [0.4, 0.5) is 0 Å². The molecule has 1 unspecified atom stereocenters. The Kier molecular flexibility index (Phi) is 6.67. The highest BCUT2D eigenvalue weighted by Gasteiger charge is 2.40. The third-order valence-electron chi connectivity index (χ3n) is 5.16. The molecule has 0 radical (unpaired) electrons. The molecule has 9 heteroatoms. The number of hydrogen-bond acceptors (Lipinski definition) is 5. The zero-order valence-electron chi connectivity index (χ0n) is 16.3. The standard InChI is InChI=1S/C19H27N3O4S2/c1-3-21(4-2)19(24)15-7-9-16(10-8-15)28(25,26)22-13-27-12-17(22)18(23)20-11-14-5-6-14/h7-10,14,17H,3-6,11-13H2,1-2H3,(H,20,23). The number of nitrogens with zero attached hydrogens (tertiary/aromatic N) is 2. The summed E-state index contributed by atoms with van der Waals surface area (Å²) < 4.78 is 27.4. The predicted octanol–water partition coefficient (Wildman–Crippen LogP) is 1.76. The van der Waals surface area contributed by atoms with Crippen molar-refractivity contribution in [3.8, 4) is 0 Å². The van der Waals surface area contributed by atoms with Crippen molar-refractivity contribution in [1.82, 2.24) is 14.5 Å². The Morgan fingerprint density at radius 1 is 1.18 bits per heavy atom. The molecule has 154 valence electrons. The molecule has 1 aromatic carbocycles. The molecule has 1 saturated heterocycles.